The van der Waals surface area contributed by atoms with Crippen LogP contribution in [-0.2, 0) is 18.2 Å². The molecule has 0 aliphatic heterocycles. The molecule has 0 aliphatic carbocycles. The first-order chi connectivity index (χ1) is 9.69. The van der Waals surface area contributed by atoms with E-state index in [0.717, 1.165) is 6.42 Å². The monoisotopic (exact) mass is 273 g/mol. The second kappa shape index (κ2) is 7.22. The van der Waals surface area contributed by atoms with Crippen molar-refractivity contribution in [1.29, 1.82) is 0 Å². The van der Waals surface area contributed by atoms with Gasteiger partial charge in [0.05, 0.1) is 12.8 Å². The van der Waals surface area contributed by atoms with Crippen molar-refractivity contribution in [2.75, 3.05) is 13.7 Å². The second-order valence-electron chi connectivity index (χ2n) is 5.18. The van der Waals surface area contributed by atoms with Crippen molar-refractivity contribution in [2.45, 2.75) is 25.4 Å². The SMILES string of the molecule is COC[C@H](Cc1ccccc1)N[C@H](C)c1cnn(C)c1. The predicted molar refractivity (Wildman–Crippen MR) is 80.6 cm³/mol. The Labute approximate surface area is 120 Å². The van der Waals surface area contributed by atoms with Gasteiger partial charge in [0.1, 0.15) is 0 Å². The second-order valence-corrected chi connectivity index (χ2v) is 5.18. The fraction of sp³-hybridized carbons (Fsp3) is 0.438. The van der Waals surface area contributed by atoms with Crippen LogP contribution in [0.15, 0.2) is 42.7 Å². The van der Waals surface area contributed by atoms with Gasteiger partial charge in [0.15, 0.2) is 0 Å². The van der Waals surface area contributed by atoms with Crippen LogP contribution in [0.5, 0.6) is 0 Å². The van der Waals surface area contributed by atoms with Gasteiger partial charge in [-0.05, 0) is 18.9 Å². The van der Waals surface area contributed by atoms with E-state index in [2.05, 4.69) is 41.6 Å². The number of benzene rings is 1. The van der Waals surface area contributed by atoms with Crippen LogP contribution >= 0.6 is 0 Å². The van der Waals surface area contributed by atoms with Crippen LogP contribution in [0, 0.1) is 0 Å². The summed E-state index contributed by atoms with van der Waals surface area (Å²) in [7, 11) is 3.68. The first-order valence-electron chi connectivity index (χ1n) is 6.96. The summed E-state index contributed by atoms with van der Waals surface area (Å²) in [6.07, 6.45) is 4.91. The smallest absolute Gasteiger partial charge is 0.0619 e. The third-order valence-electron chi connectivity index (χ3n) is 3.40. The molecule has 0 fully saturated rings. The van der Waals surface area contributed by atoms with Gasteiger partial charge in [0.25, 0.3) is 0 Å². The maximum atomic E-state index is 5.33. The summed E-state index contributed by atoms with van der Waals surface area (Å²) in [5.41, 5.74) is 2.52. The van der Waals surface area contributed by atoms with E-state index in [1.165, 1.54) is 11.1 Å². The van der Waals surface area contributed by atoms with Gasteiger partial charge < -0.3 is 10.1 Å². The van der Waals surface area contributed by atoms with Crippen LogP contribution in [0.4, 0.5) is 0 Å². The average Bonchev–Trinajstić information content (AvgIpc) is 2.87. The highest BCUT2D eigenvalue weighted by atomic mass is 16.5. The van der Waals surface area contributed by atoms with Crippen molar-refractivity contribution in [3.63, 3.8) is 0 Å². The van der Waals surface area contributed by atoms with Gasteiger partial charge in [-0.15, -0.1) is 0 Å². The lowest BCUT2D eigenvalue weighted by Gasteiger charge is -2.22. The average molecular weight is 273 g/mol. The minimum absolute atomic E-state index is 0.257. The van der Waals surface area contributed by atoms with Crippen molar-refractivity contribution in [1.82, 2.24) is 15.1 Å². The number of hydrogen-bond acceptors (Lipinski definition) is 3. The van der Waals surface area contributed by atoms with Gasteiger partial charge in [0, 0.05) is 38.0 Å². The molecule has 1 N–H and O–H groups in total. The molecule has 4 heteroatoms. The van der Waals surface area contributed by atoms with Crippen molar-refractivity contribution in [3.8, 4) is 0 Å². The minimum Gasteiger partial charge on any atom is -0.383 e. The molecule has 0 bridgehead atoms. The zero-order chi connectivity index (χ0) is 14.4. The fourth-order valence-corrected chi connectivity index (χ4v) is 2.38. The normalized spacial score (nSPS) is 14.2. The Hall–Kier alpha value is -1.65. The summed E-state index contributed by atoms with van der Waals surface area (Å²) in [4.78, 5) is 0. The van der Waals surface area contributed by atoms with Crippen LogP contribution in [0.3, 0.4) is 0 Å². The van der Waals surface area contributed by atoms with E-state index in [1.807, 2.05) is 30.2 Å². The van der Waals surface area contributed by atoms with Crippen LogP contribution in [0.2, 0.25) is 0 Å². The van der Waals surface area contributed by atoms with E-state index in [4.69, 9.17) is 4.74 Å². The van der Waals surface area contributed by atoms with E-state index in [-0.39, 0.29) is 12.1 Å². The Morgan fingerprint density at radius 2 is 2.05 bits per heavy atom. The molecule has 2 aromatic rings. The number of rotatable bonds is 7. The molecule has 2 atom stereocenters. The topological polar surface area (TPSA) is 39.1 Å². The van der Waals surface area contributed by atoms with Crippen molar-refractivity contribution >= 4 is 0 Å². The van der Waals surface area contributed by atoms with E-state index >= 15 is 0 Å². The summed E-state index contributed by atoms with van der Waals surface area (Å²) < 4.78 is 7.16. The Morgan fingerprint density at radius 1 is 1.30 bits per heavy atom. The Bertz CT molecular complexity index is 509. The van der Waals surface area contributed by atoms with Crippen LogP contribution in [-0.4, -0.2) is 29.5 Å². The highest BCUT2D eigenvalue weighted by molar-refractivity contribution is 5.16. The summed E-state index contributed by atoms with van der Waals surface area (Å²) in [5.74, 6) is 0. The Morgan fingerprint density at radius 3 is 2.65 bits per heavy atom. The fourth-order valence-electron chi connectivity index (χ4n) is 2.38. The van der Waals surface area contributed by atoms with Gasteiger partial charge in [-0.2, -0.15) is 5.10 Å². The largest absolute Gasteiger partial charge is 0.383 e. The molecule has 0 unspecified atom stereocenters. The van der Waals surface area contributed by atoms with Crippen LogP contribution in [0.1, 0.15) is 24.1 Å². The third-order valence-corrected chi connectivity index (χ3v) is 3.40. The summed E-state index contributed by atoms with van der Waals surface area (Å²) in [6, 6.07) is 11.0. The quantitative estimate of drug-likeness (QED) is 0.841. The molecule has 1 aromatic carbocycles. The molecule has 2 rings (SSSR count). The molecule has 108 valence electrons. The Kier molecular flexibility index (Phi) is 5.32. The summed E-state index contributed by atoms with van der Waals surface area (Å²) >= 11 is 0. The first kappa shape index (κ1) is 14.8. The van der Waals surface area contributed by atoms with Crippen LogP contribution in [0.25, 0.3) is 0 Å². The van der Waals surface area contributed by atoms with Crippen molar-refractivity contribution in [2.24, 2.45) is 7.05 Å². The van der Waals surface area contributed by atoms with Crippen molar-refractivity contribution in [3.05, 3.63) is 53.9 Å². The van der Waals surface area contributed by atoms with E-state index < -0.39 is 0 Å². The molecular weight excluding hydrogens is 250 g/mol. The molecule has 0 saturated heterocycles. The van der Waals surface area contributed by atoms with E-state index in [9.17, 15) is 0 Å². The van der Waals surface area contributed by atoms with Gasteiger partial charge in [-0.1, -0.05) is 30.3 Å². The lowest BCUT2D eigenvalue weighted by Crippen LogP contribution is -2.36. The molecule has 1 heterocycles. The summed E-state index contributed by atoms with van der Waals surface area (Å²) in [5, 5.41) is 7.84. The number of hydrogen-bond donors (Lipinski definition) is 1. The molecule has 0 aliphatic rings. The molecule has 0 amide bonds. The number of aromatic nitrogens is 2. The predicted octanol–water partition coefficient (Wildman–Crippen LogP) is 2.33. The highest BCUT2D eigenvalue weighted by Gasteiger charge is 2.15. The van der Waals surface area contributed by atoms with Gasteiger partial charge in [0.2, 0.25) is 0 Å². The van der Waals surface area contributed by atoms with Gasteiger partial charge in [-0.25, -0.2) is 0 Å². The molecule has 0 spiro atoms. The Balaban J connectivity index is 1.98. The zero-order valence-corrected chi connectivity index (χ0v) is 12.4. The maximum absolute atomic E-state index is 5.33. The number of nitrogens with one attached hydrogen (secondary N) is 1. The standard InChI is InChI=1S/C16H23N3O/c1-13(15-10-17-19(2)11-15)18-16(12-20-3)9-14-7-5-4-6-8-14/h4-8,10-11,13,16,18H,9,12H2,1-3H3/t13-,16+/m1/s1. The number of aryl methyl sites for hydroxylation is 1. The molecule has 0 radical (unpaired) electrons. The molecular formula is C16H23N3O. The maximum Gasteiger partial charge on any atom is 0.0619 e. The summed E-state index contributed by atoms with van der Waals surface area (Å²) in [6.45, 7) is 2.85. The van der Waals surface area contributed by atoms with Gasteiger partial charge in [-0.3, -0.25) is 4.68 Å². The zero-order valence-electron chi connectivity index (χ0n) is 12.4. The number of methoxy groups -OCH3 is 1. The molecule has 20 heavy (non-hydrogen) atoms. The lowest BCUT2D eigenvalue weighted by molar-refractivity contribution is 0.161. The van der Waals surface area contributed by atoms with Crippen LogP contribution < -0.4 is 5.32 Å². The molecule has 0 saturated carbocycles. The van der Waals surface area contributed by atoms with Gasteiger partial charge >= 0.3 is 0 Å². The number of nitrogens with zero attached hydrogens (tertiary/aromatic N) is 2. The highest BCUT2D eigenvalue weighted by Crippen LogP contribution is 2.13. The van der Waals surface area contributed by atoms with Crippen molar-refractivity contribution < 1.29 is 4.74 Å². The minimum atomic E-state index is 0.257. The van der Waals surface area contributed by atoms with E-state index in [1.54, 1.807) is 7.11 Å². The molecule has 4 nitrogen and oxygen atoms in total. The van der Waals surface area contributed by atoms with E-state index in [0.29, 0.717) is 6.61 Å². The third kappa shape index (κ3) is 4.18. The number of ether oxygens (including phenoxy) is 1. The first-order valence-corrected chi connectivity index (χ1v) is 6.96. The molecule has 1 aromatic heterocycles. The lowest BCUT2D eigenvalue weighted by atomic mass is 10.0.